The Morgan fingerprint density at radius 2 is 2.33 bits per heavy atom. The second-order valence-electron chi connectivity index (χ2n) is 3.77. The zero-order valence-electron chi connectivity index (χ0n) is 8.68. The Kier molecular flexibility index (Phi) is 2.68. The molecular formula is C11H15NO3. The van der Waals surface area contributed by atoms with Crippen molar-refractivity contribution in [1.82, 2.24) is 0 Å². The molecular weight excluding hydrogens is 194 g/mol. The highest BCUT2D eigenvalue weighted by Gasteiger charge is 2.21. The van der Waals surface area contributed by atoms with E-state index in [0.717, 1.165) is 12.2 Å². The Morgan fingerprint density at radius 3 is 3.07 bits per heavy atom. The van der Waals surface area contributed by atoms with E-state index in [1.54, 1.807) is 19.1 Å². The van der Waals surface area contributed by atoms with Crippen molar-refractivity contribution in [3.8, 4) is 11.5 Å². The number of benzene rings is 1. The first-order valence-corrected chi connectivity index (χ1v) is 5.06. The van der Waals surface area contributed by atoms with Gasteiger partial charge in [-0.25, -0.2) is 0 Å². The summed E-state index contributed by atoms with van der Waals surface area (Å²) >= 11 is 0. The monoisotopic (exact) mass is 209 g/mol. The molecule has 1 aromatic rings. The van der Waals surface area contributed by atoms with Crippen LogP contribution < -0.4 is 9.64 Å². The van der Waals surface area contributed by atoms with Crippen molar-refractivity contribution in [1.29, 1.82) is 0 Å². The SMILES string of the molecule is CC(O)CN1CCOc2c(O)cccc21. The molecule has 0 fully saturated rings. The van der Waals surface area contributed by atoms with Crippen molar-refractivity contribution in [2.24, 2.45) is 0 Å². The van der Waals surface area contributed by atoms with Crippen LogP contribution in [0.2, 0.25) is 0 Å². The van der Waals surface area contributed by atoms with Crippen molar-refractivity contribution in [2.75, 3.05) is 24.6 Å². The lowest BCUT2D eigenvalue weighted by molar-refractivity contribution is 0.194. The number of fused-ring (bicyclic) bond motifs is 1. The summed E-state index contributed by atoms with van der Waals surface area (Å²) in [5.74, 6) is 0.673. The van der Waals surface area contributed by atoms with Crippen LogP contribution in [0.15, 0.2) is 18.2 Å². The molecule has 1 unspecified atom stereocenters. The predicted octanol–water partition coefficient (Wildman–Crippen LogP) is 0.972. The van der Waals surface area contributed by atoms with Crippen molar-refractivity contribution in [2.45, 2.75) is 13.0 Å². The van der Waals surface area contributed by atoms with Crippen LogP contribution in [0.5, 0.6) is 11.5 Å². The minimum atomic E-state index is -0.390. The number of hydrogen-bond donors (Lipinski definition) is 2. The molecule has 4 heteroatoms. The first-order valence-electron chi connectivity index (χ1n) is 5.06. The molecule has 2 rings (SSSR count). The Bertz CT molecular complexity index is 352. The van der Waals surface area contributed by atoms with Gasteiger partial charge in [-0.3, -0.25) is 0 Å². The molecule has 0 aromatic heterocycles. The van der Waals surface area contributed by atoms with E-state index in [1.807, 2.05) is 11.0 Å². The lowest BCUT2D eigenvalue weighted by Gasteiger charge is -2.32. The summed E-state index contributed by atoms with van der Waals surface area (Å²) in [4.78, 5) is 2.02. The first kappa shape index (κ1) is 10.1. The van der Waals surface area contributed by atoms with E-state index in [0.29, 0.717) is 18.9 Å². The lowest BCUT2D eigenvalue weighted by Crippen LogP contribution is -2.37. The van der Waals surface area contributed by atoms with E-state index < -0.39 is 6.10 Å². The summed E-state index contributed by atoms with van der Waals surface area (Å²) in [5.41, 5.74) is 0.849. The molecule has 0 aliphatic carbocycles. The van der Waals surface area contributed by atoms with Gasteiger partial charge in [-0.15, -0.1) is 0 Å². The van der Waals surface area contributed by atoms with E-state index in [2.05, 4.69) is 0 Å². The second kappa shape index (κ2) is 3.98. The topological polar surface area (TPSA) is 52.9 Å². The standard InChI is InChI=1S/C11H15NO3/c1-8(13)7-12-5-6-15-11-9(12)3-2-4-10(11)14/h2-4,8,13-14H,5-7H2,1H3. The third-order valence-electron chi connectivity index (χ3n) is 2.41. The van der Waals surface area contributed by atoms with Crippen LogP contribution >= 0.6 is 0 Å². The zero-order chi connectivity index (χ0) is 10.8. The molecule has 0 amide bonds. The van der Waals surface area contributed by atoms with Gasteiger partial charge in [0.1, 0.15) is 6.61 Å². The summed E-state index contributed by atoms with van der Waals surface area (Å²) in [6.07, 6.45) is -0.390. The Morgan fingerprint density at radius 1 is 1.53 bits per heavy atom. The van der Waals surface area contributed by atoms with Gasteiger partial charge < -0.3 is 19.8 Å². The molecule has 1 aromatic carbocycles. The molecule has 82 valence electrons. The Hall–Kier alpha value is -1.42. The van der Waals surface area contributed by atoms with E-state index in [1.165, 1.54) is 0 Å². The van der Waals surface area contributed by atoms with Crippen LogP contribution in [-0.2, 0) is 0 Å². The van der Waals surface area contributed by atoms with Gasteiger partial charge in [0.25, 0.3) is 0 Å². The molecule has 2 N–H and O–H groups in total. The summed E-state index contributed by atoms with van der Waals surface area (Å²) in [6, 6.07) is 5.26. The van der Waals surface area contributed by atoms with Gasteiger partial charge in [-0.05, 0) is 19.1 Å². The van der Waals surface area contributed by atoms with Crippen molar-refractivity contribution in [3.05, 3.63) is 18.2 Å². The molecule has 0 saturated heterocycles. The van der Waals surface area contributed by atoms with Gasteiger partial charge in [-0.2, -0.15) is 0 Å². The average molecular weight is 209 g/mol. The predicted molar refractivity (Wildman–Crippen MR) is 57.5 cm³/mol. The number of para-hydroxylation sites is 1. The minimum Gasteiger partial charge on any atom is -0.504 e. The molecule has 1 heterocycles. The number of β-amino-alcohol motifs (C(OH)–C–C–N with tert-alkyl or cyclic N) is 1. The molecule has 0 bridgehead atoms. The summed E-state index contributed by atoms with van der Waals surface area (Å²) in [5, 5.41) is 18.9. The van der Waals surface area contributed by atoms with Gasteiger partial charge in [-0.1, -0.05) is 6.07 Å². The number of phenolic OH excluding ortho intramolecular Hbond substituents is 1. The van der Waals surface area contributed by atoms with E-state index in [-0.39, 0.29) is 5.75 Å². The average Bonchev–Trinajstić information content (AvgIpc) is 2.19. The number of nitrogens with zero attached hydrogens (tertiary/aromatic N) is 1. The summed E-state index contributed by atoms with van der Waals surface area (Å²) in [6.45, 7) is 3.58. The molecule has 15 heavy (non-hydrogen) atoms. The number of ether oxygens (including phenoxy) is 1. The second-order valence-corrected chi connectivity index (χ2v) is 3.77. The zero-order valence-corrected chi connectivity index (χ0v) is 8.68. The molecule has 4 nitrogen and oxygen atoms in total. The Labute approximate surface area is 88.7 Å². The number of anilines is 1. The third kappa shape index (κ3) is 1.99. The van der Waals surface area contributed by atoms with Crippen LogP contribution in [0, 0.1) is 0 Å². The molecule has 1 atom stereocenters. The highest BCUT2D eigenvalue weighted by Crippen LogP contribution is 2.38. The first-order chi connectivity index (χ1) is 7.18. The van der Waals surface area contributed by atoms with Gasteiger partial charge in [0.15, 0.2) is 11.5 Å². The Balaban J connectivity index is 2.30. The molecule has 1 aliphatic rings. The smallest absolute Gasteiger partial charge is 0.184 e. The van der Waals surface area contributed by atoms with Gasteiger partial charge >= 0.3 is 0 Å². The normalized spacial score (nSPS) is 16.8. The highest BCUT2D eigenvalue weighted by molar-refractivity contribution is 5.65. The van der Waals surface area contributed by atoms with Crippen LogP contribution in [0.25, 0.3) is 0 Å². The molecule has 0 spiro atoms. The van der Waals surface area contributed by atoms with E-state index in [4.69, 9.17) is 4.74 Å². The van der Waals surface area contributed by atoms with Crippen LogP contribution in [0.3, 0.4) is 0 Å². The fourth-order valence-corrected chi connectivity index (χ4v) is 1.80. The number of phenols is 1. The lowest BCUT2D eigenvalue weighted by atomic mass is 10.2. The fourth-order valence-electron chi connectivity index (χ4n) is 1.80. The number of hydrogen-bond acceptors (Lipinski definition) is 4. The van der Waals surface area contributed by atoms with Gasteiger partial charge in [0.05, 0.1) is 18.3 Å². The van der Waals surface area contributed by atoms with Gasteiger partial charge in [0, 0.05) is 6.54 Å². The maximum atomic E-state index is 9.59. The minimum absolute atomic E-state index is 0.155. The van der Waals surface area contributed by atoms with Crippen LogP contribution in [0.4, 0.5) is 5.69 Å². The van der Waals surface area contributed by atoms with Crippen molar-refractivity contribution >= 4 is 5.69 Å². The maximum absolute atomic E-state index is 9.59. The van der Waals surface area contributed by atoms with Crippen LogP contribution in [-0.4, -0.2) is 36.0 Å². The summed E-state index contributed by atoms with van der Waals surface area (Å²) in [7, 11) is 0. The van der Waals surface area contributed by atoms with Gasteiger partial charge in [0.2, 0.25) is 0 Å². The third-order valence-corrected chi connectivity index (χ3v) is 2.41. The van der Waals surface area contributed by atoms with Crippen LogP contribution in [0.1, 0.15) is 6.92 Å². The maximum Gasteiger partial charge on any atom is 0.184 e. The number of aliphatic hydroxyl groups is 1. The fraction of sp³-hybridized carbons (Fsp3) is 0.455. The van der Waals surface area contributed by atoms with Crippen molar-refractivity contribution in [3.63, 3.8) is 0 Å². The summed E-state index contributed by atoms with van der Waals surface area (Å²) < 4.78 is 5.39. The quantitative estimate of drug-likeness (QED) is 0.762. The van der Waals surface area contributed by atoms with Crippen molar-refractivity contribution < 1.29 is 14.9 Å². The molecule has 1 aliphatic heterocycles. The highest BCUT2D eigenvalue weighted by atomic mass is 16.5. The number of aliphatic hydroxyl groups excluding tert-OH is 1. The number of rotatable bonds is 2. The molecule has 0 radical (unpaired) electrons. The van der Waals surface area contributed by atoms with E-state index in [9.17, 15) is 10.2 Å². The van der Waals surface area contributed by atoms with E-state index >= 15 is 0 Å². The number of aromatic hydroxyl groups is 1. The largest absolute Gasteiger partial charge is 0.504 e. The molecule has 0 saturated carbocycles.